The maximum atomic E-state index is 13.2. The van der Waals surface area contributed by atoms with Crippen molar-refractivity contribution in [1.82, 2.24) is 14.5 Å². The van der Waals surface area contributed by atoms with Crippen molar-refractivity contribution in [1.29, 1.82) is 0 Å². The molecule has 0 radical (unpaired) electrons. The van der Waals surface area contributed by atoms with Crippen molar-refractivity contribution in [3.8, 4) is 0 Å². The third-order valence-electron chi connectivity index (χ3n) is 5.18. The average Bonchev–Trinajstić information content (AvgIpc) is 3.50. The zero-order chi connectivity index (χ0) is 22.8. The fourth-order valence-corrected chi connectivity index (χ4v) is 5.47. The lowest BCUT2D eigenvalue weighted by Crippen LogP contribution is -2.32. The third kappa shape index (κ3) is 4.29. The molecule has 0 aliphatic heterocycles. The maximum absolute atomic E-state index is 13.2. The predicted molar refractivity (Wildman–Crippen MR) is 132 cm³/mol. The molecule has 3 aromatic heterocycles. The molecule has 5 aromatic rings. The minimum Gasteiger partial charge on any atom is -0.467 e. The van der Waals surface area contributed by atoms with Crippen LogP contribution in [-0.4, -0.2) is 32.7 Å². The van der Waals surface area contributed by atoms with Crippen LogP contribution in [-0.2, 0) is 11.3 Å². The van der Waals surface area contributed by atoms with Gasteiger partial charge in [0, 0.05) is 6.54 Å². The first-order chi connectivity index (χ1) is 16.1. The number of thiazole rings is 1. The number of aromatic nitrogens is 3. The van der Waals surface area contributed by atoms with Gasteiger partial charge in [0.05, 0.1) is 39.7 Å². The number of carbonyl (C=O) groups is 1. The van der Waals surface area contributed by atoms with E-state index in [4.69, 9.17) is 4.42 Å². The number of nitrogens with zero attached hydrogens (tertiary/aromatic N) is 4. The molecule has 0 N–H and O–H groups in total. The number of fused-ring (bicyclic) bond motifs is 2. The molecule has 33 heavy (non-hydrogen) atoms. The van der Waals surface area contributed by atoms with Crippen LogP contribution < -0.4 is 10.5 Å². The lowest BCUT2D eigenvalue weighted by Gasteiger charge is -2.18. The molecule has 0 fully saturated rings. The number of carbonyl (C=O) groups excluding carboxylic acids is 1. The van der Waals surface area contributed by atoms with Crippen molar-refractivity contribution in [2.75, 3.05) is 17.2 Å². The van der Waals surface area contributed by atoms with Crippen LogP contribution in [0.25, 0.3) is 21.1 Å². The van der Waals surface area contributed by atoms with E-state index in [1.54, 1.807) is 33.9 Å². The summed E-state index contributed by atoms with van der Waals surface area (Å²) in [6, 6.07) is 18.6. The Hall–Kier alpha value is -3.43. The van der Waals surface area contributed by atoms with Gasteiger partial charge in [-0.1, -0.05) is 47.4 Å². The second-order valence-corrected chi connectivity index (χ2v) is 9.22. The minimum absolute atomic E-state index is 0.0893. The number of amides is 1. The summed E-state index contributed by atoms with van der Waals surface area (Å²) in [5.41, 5.74) is 1.32. The molecular formula is C24H20N4O3S2. The molecule has 7 nitrogen and oxygen atoms in total. The van der Waals surface area contributed by atoms with Crippen LogP contribution in [0.4, 0.5) is 5.13 Å². The smallest absolute Gasteiger partial charge is 0.262 e. The molecule has 0 saturated heterocycles. The van der Waals surface area contributed by atoms with E-state index < -0.39 is 0 Å². The van der Waals surface area contributed by atoms with Crippen LogP contribution >= 0.6 is 23.1 Å². The number of benzene rings is 2. The van der Waals surface area contributed by atoms with E-state index in [0.717, 1.165) is 10.2 Å². The van der Waals surface area contributed by atoms with Crippen molar-refractivity contribution in [3.63, 3.8) is 0 Å². The zero-order valence-corrected chi connectivity index (χ0v) is 19.4. The summed E-state index contributed by atoms with van der Waals surface area (Å²) < 4.78 is 8.05. The van der Waals surface area contributed by atoms with E-state index in [1.165, 1.54) is 23.1 Å². The number of rotatable bonds is 7. The van der Waals surface area contributed by atoms with E-state index in [0.29, 0.717) is 33.5 Å². The lowest BCUT2D eigenvalue weighted by molar-refractivity contribution is -0.116. The van der Waals surface area contributed by atoms with Crippen molar-refractivity contribution < 1.29 is 9.21 Å². The fraction of sp³-hybridized carbons (Fsp3) is 0.167. The highest BCUT2D eigenvalue weighted by atomic mass is 32.2. The van der Waals surface area contributed by atoms with E-state index in [-0.39, 0.29) is 23.8 Å². The minimum atomic E-state index is -0.162. The van der Waals surface area contributed by atoms with E-state index in [1.807, 2.05) is 49.4 Å². The molecule has 0 saturated carbocycles. The Labute approximate surface area is 197 Å². The van der Waals surface area contributed by atoms with Gasteiger partial charge in [0.15, 0.2) is 10.3 Å². The van der Waals surface area contributed by atoms with Crippen LogP contribution in [0.2, 0.25) is 0 Å². The van der Waals surface area contributed by atoms with Gasteiger partial charge in [-0.15, -0.1) is 0 Å². The second-order valence-electron chi connectivity index (χ2n) is 7.27. The predicted octanol–water partition coefficient (Wildman–Crippen LogP) is 4.79. The Morgan fingerprint density at radius 3 is 2.61 bits per heavy atom. The third-order valence-corrected chi connectivity index (χ3v) is 7.20. The summed E-state index contributed by atoms with van der Waals surface area (Å²) in [7, 11) is 0. The van der Waals surface area contributed by atoms with Gasteiger partial charge in [-0.3, -0.25) is 19.1 Å². The Kier molecular flexibility index (Phi) is 5.97. The van der Waals surface area contributed by atoms with Gasteiger partial charge in [-0.25, -0.2) is 9.97 Å². The average molecular weight is 477 g/mol. The highest BCUT2D eigenvalue weighted by Crippen LogP contribution is 2.29. The molecule has 0 atom stereocenters. The van der Waals surface area contributed by atoms with Gasteiger partial charge in [0.2, 0.25) is 5.91 Å². The summed E-state index contributed by atoms with van der Waals surface area (Å²) in [4.78, 5) is 37.3. The molecular weight excluding hydrogens is 456 g/mol. The molecule has 2 aromatic carbocycles. The SMILES string of the molecule is CCN(C(=O)CSc1nc2ccccc2c(=O)n1Cc1ccco1)c1nc2ccccc2s1. The summed E-state index contributed by atoms with van der Waals surface area (Å²) in [6.07, 6.45) is 1.57. The molecule has 0 unspecified atom stereocenters. The first-order valence-electron chi connectivity index (χ1n) is 10.4. The Balaban J connectivity index is 1.44. The quantitative estimate of drug-likeness (QED) is 0.248. The van der Waals surface area contributed by atoms with Crippen LogP contribution in [0.15, 0.2) is 81.3 Å². The number of hydrogen-bond donors (Lipinski definition) is 0. The molecule has 5 rings (SSSR count). The molecule has 1 amide bonds. The number of anilines is 1. The molecule has 166 valence electrons. The summed E-state index contributed by atoms with van der Waals surface area (Å²) in [5.74, 6) is 0.688. The monoisotopic (exact) mass is 476 g/mol. The molecule has 0 spiro atoms. The van der Waals surface area contributed by atoms with Crippen LogP contribution in [0.5, 0.6) is 0 Å². The number of thioether (sulfide) groups is 1. The first kappa shape index (κ1) is 21.4. The van der Waals surface area contributed by atoms with Gasteiger partial charge in [0.25, 0.3) is 5.56 Å². The van der Waals surface area contributed by atoms with Crippen molar-refractivity contribution in [2.45, 2.75) is 18.6 Å². The van der Waals surface area contributed by atoms with E-state index in [2.05, 4.69) is 9.97 Å². The second kappa shape index (κ2) is 9.21. The number of furan rings is 1. The fourth-order valence-electron chi connectivity index (χ4n) is 3.55. The van der Waals surface area contributed by atoms with Crippen LogP contribution in [0.1, 0.15) is 12.7 Å². The maximum Gasteiger partial charge on any atom is 0.262 e. The normalized spacial score (nSPS) is 11.3. The van der Waals surface area contributed by atoms with E-state index in [9.17, 15) is 9.59 Å². The van der Waals surface area contributed by atoms with E-state index >= 15 is 0 Å². The van der Waals surface area contributed by atoms with Gasteiger partial charge in [-0.2, -0.15) is 0 Å². The van der Waals surface area contributed by atoms with Gasteiger partial charge >= 0.3 is 0 Å². The molecule has 0 aliphatic rings. The van der Waals surface area contributed by atoms with Crippen LogP contribution in [0, 0.1) is 0 Å². The Morgan fingerprint density at radius 2 is 1.85 bits per heavy atom. The van der Waals surface area contributed by atoms with Gasteiger partial charge in [-0.05, 0) is 43.3 Å². The van der Waals surface area contributed by atoms with Gasteiger partial charge in [0.1, 0.15) is 5.76 Å². The number of para-hydroxylation sites is 2. The standard InChI is InChI=1S/C24H20N4O3S2/c1-2-27(24-26-19-11-5-6-12-20(19)33-24)21(29)15-32-23-25-18-10-4-3-9-17(18)22(30)28(23)14-16-8-7-13-31-16/h3-13H,2,14-15H2,1H3. The topological polar surface area (TPSA) is 81.2 Å². The van der Waals surface area contributed by atoms with Crippen molar-refractivity contribution in [3.05, 3.63) is 83.0 Å². The molecule has 0 bridgehead atoms. The van der Waals surface area contributed by atoms with Gasteiger partial charge < -0.3 is 4.42 Å². The largest absolute Gasteiger partial charge is 0.467 e. The molecule has 0 aliphatic carbocycles. The van der Waals surface area contributed by atoms with Crippen molar-refractivity contribution >= 4 is 55.3 Å². The summed E-state index contributed by atoms with van der Waals surface area (Å²) in [5, 5.41) is 1.68. The summed E-state index contributed by atoms with van der Waals surface area (Å²) >= 11 is 2.74. The highest BCUT2D eigenvalue weighted by molar-refractivity contribution is 7.99. The highest BCUT2D eigenvalue weighted by Gasteiger charge is 2.20. The first-order valence-corrected chi connectivity index (χ1v) is 12.2. The molecule has 9 heteroatoms. The zero-order valence-electron chi connectivity index (χ0n) is 17.8. The molecule has 3 heterocycles. The Morgan fingerprint density at radius 1 is 1.06 bits per heavy atom. The van der Waals surface area contributed by atoms with Crippen LogP contribution in [0.3, 0.4) is 0 Å². The van der Waals surface area contributed by atoms with Crippen molar-refractivity contribution in [2.24, 2.45) is 0 Å². The number of hydrogen-bond acceptors (Lipinski definition) is 7. The lowest BCUT2D eigenvalue weighted by atomic mass is 10.2. The Bertz CT molecular complexity index is 1460. The summed E-state index contributed by atoms with van der Waals surface area (Å²) in [6.45, 7) is 2.68.